The molecule has 0 aliphatic rings. The predicted molar refractivity (Wildman–Crippen MR) is 55.4 cm³/mol. The van der Waals surface area contributed by atoms with Crippen molar-refractivity contribution in [2.75, 3.05) is 19.8 Å². The third-order valence-electron chi connectivity index (χ3n) is 1.67. The second kappa shape index (κ2) is 7.53. The topological polar surface area (TPSA) is 58.6 Å². The van der Waals surface area contributed by atoms with Gasteiger partial charge in [-0.2, -0.15) is 0 Å². The van der Waals surface area contributed by atoms with E-state index in [1.54, 1.807) is 6.92 Å². The first-order chi connectivity index (χ1) is 6.56. The summed E-state index contributed by atoms with van der Waals surface area (Å²) in [6, 6.07) is 0.243. The van der Waals surface area contributed by atoms with Gasteiger partial charge in [-0.15, -0.1) is 0 Å². The van der Waals surface area contributed by atoms with Crippen molar-refractivity contribution < 1.29 is 14.6 Å². The average molecular weight is 201 g/mol. The van der Waals surface area contributed by atoms with Crippen LogP contribution in [0.3, 0.4) is 0 Å². The molecular weight excluding hydrogens is 182 g/mol. The maximum Gasteiger partial charge on any atom is 0.328 e. The van der Waals surface area contributed by atoms with Crippen molar-refractivity contribution in [1.29, 1.82) is 0 Å². The van der Waals surface area contributed by atoms with Crippen molar-refractivity contribution in [3.8, 4) is 0 Å². The molecule has 1 atom stereocenters. The Labute approximate surface area is 85.0 Å². The van der Waals surface area contributed by atoms with Crippen molar-refractivity contribution in [2.45, 2.75) is 26.8 Å². The molecule has 0 aromatic heterocycles. The molecule has 4 heteroatoms. The summed E-state index contributed by atoms with van der Waals surface area (Å²) in [5.41, 5.74) is 0.806. The van der Waals surface area contributed by atoms with Crippen molar-refractivity contribution in [2.24, 2.45) is 0 Å². The fourth-order valence-electron chi connectivity index (χ4n) is 0.951. The summed E-state index contributed by atoms with van der Waals surface area (Å²) in [4.78, 5) is 10.3. The van der Waals surface area contributed by atoms with Crippen LogP contribution in [0.2, 0.25) is 0 Å². The number of ether oxygens (including phenoxy) is 1. The van der Waals surface area contributed by atoms with Gasteiger partial charge in [0.2, 0.25) is 0 Å². The number of hydrogen-bond acceptors (Lipinski definition) is 3. The van der Waals surface area contributed by atoms with Crippen LogP contribution in [0.15, 0.2) is 11.6 Å². The fraction of sp³-hybridized carbons (Fsp3) is 0.700. The van der Waals surface area contributed by atoms with Gasteiger partial charge in [-0.3, -0.25) is 0 Å². The highest BCUT2D eigenvalue weighted by molar-refractivity contribution is 5.80. The van der Waals surface area contributed by atoms with Crippen LogP contribution in [0, 0.1) is 0 Å². The first kappa shape index (κ1) is 13.1. The van der Waals surface area contributed by atoms with Crippen molar-refractivity contribution in [1.82, 2.24) is 5.32 Å². The van der Waals surface area contributed by atoms with Gasteiger partial charge in [-0.1, -0.05) is 5.57 Å². The van der Waals surface area contributed by atoms with Crippen LogP contribution in [-0.2, 0) is 9.53 Å². The van der Waals surface area contributed by atoms with E-state index in [4.69, 9.17) is 9.84 Å². The van der Waals surface area contributed by atoms with Crippen LogP contribution in [-0.4, -0.2) is 36.9 Å². The fourth-order valence-corrected chi connectivity index (χ4v) is 0.951. The zero-order chi connectivity index (χ0) is 11.0. The molecule has 0 fully saturated rings. The second-order valence-corrected chi connectivity index (χ2v) is 3.27. The molecule has 0 aromatic carbocycles. The highest BCUT2D eigenvalue weighted by Crippen LogP contribution is 1.92. The van der Waals surface area contributed by atoms with E-state index < -0.39 is 5.97 Å². The molecule has 0 heterocycles. The SMILES string of the molecule is CCOCC(C)NCC(C)=CC(=O)O. The Hall–Kier alpha value is -0.870. The van der Waals surface area contributed by atoms with Gasteiger partial charge in [0.25, 0.3) is 0 Å². The van der Waals surface area contributed by atoms with Crippen LogP contribution in [0.1, 0.15) is 20.8 Å². The standard InChI is InChI=1S/C10H19NO3/c1-4-14-7-9(3)11-6-8(2)5-10(12)13/h5,9,11H,4,6-7H2,1-3H3,(H,12,13). The van der Waals surface area contributed by atoms with E-state index in [9.17, 15) is 4.79 Å². The third kappa shape index (κ3) is 7.76. The smallest absolute Gasteiger partial charge is 0.328 e. The Morgan fingerprint density at radius 2 is 2.29 bits per heavy atom. The lowest BCUT2D eigenvalue weighted by atomic mass is 10.2. The number of nitrogens with one attached hydrogen (secondary N) is 1. The maximum atomic E-state index is 10.3. The van der Waals surface area contributed by atoms with Gasteiger partial charge in [0, 0.05) is 25.3 Å². The zero-order valence-corrected chi connectivity index (χ0v) is 9.04. The molecule has 0 aliphatic carbocycles. The number of hydrogen-bond donors (Lipinski definition) is 2. The minimum atomic E-state index is -0.901. The molecule has 0 saturated heterocycles. The molecule has 14 heavy (non-hydrogen) atoms. The number of carboxylic acid groups (broad SMARTS) is 1. The maximum absolute atomic E-state index is 10.3. The Balaban J connectivity index is 3.65. The summed E-state index contributed by atoms with van der Waals surface area (Å²) in [6.45, 7) is 7.67. The van der Waals surface area contributed by atoms with Crippen LogP contribution in [0.5, 0.6) is 0 Å². The Kier molecular flexibility index (Phi) is 7.06. The van der Waals surface area contributed by atoms with E-state index in [1.807, 2.05) is 13.8 Å². The van der Waals surface area contributed by atoms with Crippen LogP contribution in [0.4, 0.5) is 0 Å². The van der Waals surface area contributed by atoms with Crippen molar-refractivity contribution in [3.63, 3.8) is 0 Å². The first-order valence-corrected chi connectivity index (χ1v) is 4.77. The molecular formula is C10H19NO3. The Morgan fingerprint density at radius 1 is 1.64 bits per heavy atom. The largest absolute Gasteiger partial charge is 0.478 e. The monoisotopic (exact) mass is 201 g/mol. The van der Waals surface area contributed by atoms with Crippen molar-refractivity contribution in [3.05, 3.63) is 11.6 Å². The molecule has 0 saturated carbocycles. The summed E-state index contributed by atoms with van der Waals surface area (Å²) in [5.74, 6) is -0.901. The van der Waals surface area contributed by atoms with Gasteiger partial charge < -0.3 is 15.2 Å². The van der Waals surface area contributed by atoms with E-state index in [0.717, 1.165) is 5.57 Å². The van der Waals surface area contributed by atoms with Gasteiger partial charge in [0.15, 0.2) is 0 Å². The molecule has 0 aliphatic heterocycles. The minimum absolute atomic E-state index is 0.243. The predicted octanol–water partition coefficient (Wildman–Crippen LogP) is 1.03. The summed E-state index contributed by atoms with van der Waals surface area (Å²) in [5, 5.41) is 11.6. The molecule has 82 valence electrons. The number of rotatable bonds is 7. The highest BCUT2D eigenvalue weighted by Gasteiger charge is 2.01. The molecule has 4 nitrogen and oxygen atoms in total. The summed E-state index contributed by atoms with van der Waals surface area (Å²) in [6.07, 6.45) is 1.21. The van der Waals surface area contributed by atoms with Gasteiger partial charge in [0.1, 0.15) is 0 Å². The van der Waals surface area contributed by atoms with Gasteiger partial charge in [-0.05, 0) is 20.8 Å². The molecule has 0 bridgehead atoms. The third-order valence-corrected chi connectivity index (χ3v) is 1.67. The lowest BCUT2D eigenvalue weighted by Gasteiger charge is -2.13. The molecule has 0 rings (SSSR count). The molecule has 0 spiro atoms. The highest BCUT2D eigenvalue weighted by atomic mass is 16.5. The first-order valence-electron chi connectivity index (χ1n) is 4.77. The van der Waals surface area contributed by atoms with Crippen LogP contribution < -0.4 is 5.32 Å². The summed E-state index contributed by atoms with van der Waals surface area (Å²) >= 11 is 0. The molecule has 0 radical (unpaired) electrons. The van der Waals surface area contributed by atoms with E-state index in [-0.39, 0.29) is 6.04 Å². The lowest BCUT2D eigenvalue weighted by molar-refractivity contribution is -0.131. The van der Waals surface area contributed by atoms with Gasteiger partial charge in [0.05, 0.1) is 6.61 Å². The van der Waals surface area contributed by atoms with Gasteiger partial charge in [-0.25, -0.2) is 4.79 Å². The Morgan fingerprint density at radius 3 is 2.79 bits per heavy atom. The zero-order valence-electron chi connectivity index (χ0n) is 9.04. The molecule has 0 amide bonds. The Bertz CT molecular complexity index is 202. The van der Waals surface area contributed by atoms with E-state index in [2.05, 4.69) is 5.32 Å². The van der Waals surface area contributed by atoms with Crippen LogP contribution in [0.25, 0.3) is 0 Å². The number of carbonyl (C=O) groups is 1. The number of aliphatic carboxylic acids is 1. The number of carboxylic acids is 1. The summed E-state index contributed by atoms with van der Waals surface area (Å²) in [7, 11) is 0. The average Bonchev–Trinajstić information content (AvgIpc) is 2.10. The van der Waals surface area contributed by atoms with Crippen molar-refractivity contribution >= 4 is 5.97 Å². The quantitative estimate of drug-likeness (QED) is 0.604. The van der Waals surface area contributed by atoms with E-state index in [1.165, 1.54) is 6.08 Å². The minimum Gasteiger partial charge on any atom is -0.478 e. The molecule has 1 unspecified atom stereocenters. The lowest BCUT2D eigenvalue weighted by Crippen LogP contribution is -2.31. The van der Waals surface area contributed by atoms with E-state index >= 15 is 0 Å². The van der Waals surface area contributed by atoms with E-state index in [0.29, 0.717) is 19.8 Å². The molecule has 2 N–H and O–H groups in total. The van der Waals surface area contributed by atoms with Crippen LogP contribution >= 0.6 is 0 Å². The normalized spacial score (nSPS) is 14.1. The van der Waals surface area contributed by atoms with Gasteiger partial charge >= 0.3 is 5.97 Å². The second-order valence-electron chi connectivity index (χ2n) is 3.27. The molecule has 0 aromatic rings. The summed E-state index contributed by atoms with van der Waals surface area (Å²) < 4.78 is 5.21.